The molecule has 3 aromatic rings. The number of hydrogen-bond acceptors (Lipinski definition) is 4. The predicted molar refractivity (Wildman–Crippen MR) is 140 cm³/mol. The predicted octanol–water partition coefficient (Wildman–Crippen LogP) is 7.57. The largest absolute Gasteiger partial charge is 0.382 e. The van der Waals surface area contributed by atoms with Crippen LogP contribution in [0.2, 0.25) is 0 Å². The monoisotopic (exact) mass is 574 g/mol. The summed E-state index contributed by atoms with van der Waals surface area (Å²) in [5, 5.41) is 4.97. The lowest BCUT2D eigenvalue weighted by atomic mass is 9.95. The quantitative estimate of drug-likeness (QED) is 0.286. The van der Waals surface area contributed by atoms with Crippen LogP contribution in [0.4, 0.5) is 25.1 Å². The van der Waals surface area contributed by atoms with E-state index < -0.39 is 30.2 Å². The molecule has 4 rings (SSSR count). The van der Waals surface area contributed by atoms with E-state index >= 15 is 0 Å². The highest BCUT2D eigenvalue weighted by atomic mass is 32.5. The van der Waals surface area contributed by atoms with Crippen molar-refractivity contribution in [1.29, 1.82) is 0 Å². The van der Waals surface area contributed by atoms with Gasteiger partial charge in [-0.15, -0.1) is 0 Å². The maximum absolute atomic E-state index is 13.2. The normalized spacial score (nSPS) is 20.2. The molecule has 206 valence electrons. The van der Waals surface area contributed by atoms with Crippen LogP contribution in [0.3, 0.4) is 0 Å². The van der Waals surface area contributed by atoms with Crippen LogP contribution in [0.1, 0.15) is 36.0 Å². The number of rotatable bonds is 7. The minimum atomic E-state index is -9.72. The van der Waals surface area contributed by atoms with E-state index in [1.807, 2.05) is 6.07 Å². The third-order valence-corrected chi connectivity index (χ3v) is 10.1. The second kappa shape index (κ2) is 9.26. The molecule has 0 bridgehead atoms. The Morgan fingerprint density at radius 3 is 1.97 bits per heavy atom. The number of amides is 1. The molecule has 0 radical (unpaired) electrons. The smallest absolute Gasteiger partial charge is 0.310 e. The lowest BCUT2D eigenvalue weighted by Gasteiger charge is -2.40. The Balaban J connectivity index is 1.39. The van der Waals surface area contributed by atoms with Gasteiger partial charge in [0.25, 0.3) is 5.91 Å². The number of hydrogen-bond donors (Lipinski definition) is 2. The molecule has 1 amide bonds. The van der Waals surface area contributed by atoms with E-state index in [1.165, 1.54) is 7.05 Å². The van der Waals surface area contributed by atoms with Gasteiger partial charge in [0.1, 0.15) is 4.90 Å². The van der Waals surface area contributed by atoms with Gasteiger partial charge in [-0.25, -0.2) is 8.42 Å². The van der Waals surface area contributed by atoms with Crippen molar-refractivity contribution in [3.63, 3.8) is 0 Å². The minimum Gasteiger partial charge on any atom is -0.382 e. The number of anilines is 1. The highest BCUT2D eigenvalue weighted by Gasteiger charge is 2.65. The molecule has 1 fully saturated rings. The summed E-state index contributed by atoms with van der Waals surface area (Å²) in [5.41, 5.74) is 2.29. The van der Waals surface area contributed by atoms with Gasteiger partial charge in [0.05, 0.1) is 10.1 Å². The van der Waals surface area contributed by atoms with Gasteiger partial charge in [-0.1, -0.05) is 43.7 Å². The summed E-state index contributed by atoms with van der Waals surface area (Å²) in [6.45, 7) is 0. The van der Waals surface area contributed by atoms with Crippen molar-refractivity contribution >= 4 is 31.7 Å². The van der Waals surface area contributed by atoms with E-state index in [-0.39, 0.29) is 22.5 Å². The van der Waals surface area contributed by atoms with Crippen LogP contribution in [0, 0.1) is 0 Å². The summed E-state index contributed by atoms with van der Waals surface area (Å²) in [4.78, 5) is 10.1. The average Bonchev–Trinajstić information content (AvgIpc) is 2.87. The maximum atomic E-state index is 13.2. The summed E-state index contributed by atoms with van der Waals surface area (Å²) >= 11 is 0. The zero-order valence-electron chi connectivity index (χ0n) is 20.3. The molecule has 0 saturated heterocycles. The number of carbonyl (C=O) groups is 1. The van der Waals surface area contributed by atoms with Crippen molar-refractivity contribution in [1.82, 2.24) is 5.32 Å². The summed E-state index contributed by atoms with van der Waals surface area (Å²) in [6, 6.07) is 15.9. The molecular weight excluding hydrogens is 547 g/mol. The van der Waals surface area contributed by atoms with Crippen molar-refractivity contribution < 1.29 is 32.6 Å². The molecule has 2 N–H and O–H groups in total. The number of carbonyl (C=O) groups excluding carboxylic acids is 1. The van der Waals surface area contributed by atoms with E-state index in [0.717, 1.165) is 23.3 Å². The Labute approximate surface area is 218 Å². The van der Waals surface area contributed by atoms with Crippen LogP contribution in [0.15, 0.2) is 82.6 Å². The molecule has 1 aliphatic carbocycles. The summed E-state index contributed by atoms with van der Waals surface area (Å²) in [7, 11) is -11.8. The highest BCUT2D eigenvalue weighted by Crippen LogP contribution is 3.02. The average molecular weight is 575 g/mol. The van der Waals surface area contributed by atoms with Crippen LogP contribution in [0.5, 0.6) is 0 Å². The molecule has 0 spiro atoms. The standard InChI is InChI=1S/C26H27F5N2O3S2/c1-32-26(34)20-4-2-3-19(17-20)18-5-11-23(12-6-18)37(35,36)24-13-7-21(8-14-24)33-22-9-15-25(16-10-22)38(27,28,29,30)31/h2-6,9-12,15-17,21,24,33H,7-8,13-14H2,1H3,(H,32,34). The fraction of sp³-hybridized carbons (Fsp3) is 0.269. The number of halogens is 5. The van der Waals surface area contributed by atoms with Crippen LogP contribution >= 0.6 is 10.2 Å². The van der Waals surface area contributed by atoms with Gasteiger partial charge < -0.3 is 10.6 Å². The molecule has 3 aromatic carbocycles. The van der Waals surface area contributed by atoms with Gasteiger partial charge in [0, 0.05) is 24.3 Å². The number of nitrogens with one attached hydrogen (secondary N) is 2. The fourth-order valence-corrected chi connectivity index (χ4v) is 7.02. The first kappa shape index (κ1) is 27.9. The van der Waals surface area contributed by atoms with Crippen LogP contribution in [-0.2, 0) is 9.84 Å². The van der Waals surface area contributed by atoms with Gasteiger partial charge >= 0.3 is 10.2 Å². The van der Waals surface area contributed by atoms with Crippen molar-refractivity contribution in [2.45, 2.75) is 46.8 Å². The molecule has 0 heterocycles. The van der Waals surface area contributed by atoms with Crippen molar-refractivity contribution in [2.24, 2.45) is 0 Å². The number of benzene rings is 3. The molecule has 1 aliphatic rings. The van der Waals surface area contributed by atoms with E-state index in [0.29, 0.717) is 43.4 Å². The summed E-state index contributed by atoms with van der Waals surface area (Å²) in [6.07, 6.45) is 1.61. The van der Waals surface area contributed by atoms with E-state index in [1.54, 1.807) is 42.5 Å². The molecule has 0 unspecified atom stereocenters. The second-order valence-corrected chi connectivity index (χ2v) is 14.0. The molecule has 38 heavy (non-hydrogen) atoms. The Kier molecular flexibility index (Phi) is 6.80. The first-order valence-corrected chi connectivity index (χ1v) is 15.3. The SMILES string of the molecule is CNC(=O)c1cccc(-c2ccc(S(=O)(=O)C3CCC(Nc4ccc(S(F)(F)(F)(F)F)cc4)CC3)cc2)c1. The van der Waals surface area contributed by atoms with Crippen molar-refractivity contribution in [3.8, 4) is 11.1 Å². The lowest BCUT2D eigenvalue weighted by Crippen LogP contribution is -2.32. The molecule has 0 atom stereocenters. The minimum absolute atomic E-state index is 0.187. The Morgan fingerprint density at radius 1 is 0.816 bits per heavy atom. The molecule has 1 saturated carbocycles. The van der Waals surface area contributed by atoms with Crippen LogP contribution < -0.4 is 10.6 Å². The molecule has 0 aromatic heterocycles. The van der Waals surface area contributed by atoms with Gasteiger partial charge in [0.2, 0.25) is 0 Å². The van der Waals surface area contributed by atoms with Gasteiger partial charge in [-0.05, 0) is 85.3 Å². The number of sulfone groups is 1. The van der Waals surface area contributed by atoms with Crippen LogP contribution in [-0.4, -0.2) is 32.7 Å². The van der Waals surface area contributed by atoms with Gasteiger partial charge in [0.15, 0.2) is 9.84 Å². The topological polar surface area (TPSA) is 75.3 Å². The van der Waals surface area contributed by atoms with Crippen molar-refractivity contribution in [2.75, 3.05) is 12.4 Å². The van der Waals surface area contributed by atoms with Crippen LogP contribution in [0.25, 0.3) is 11.1 Å². The van der Waals surface area contributed by atoms with E-state index in [9.17, 15) is 32.6 Å². The summed E-state index contributed by atoms with van der Waals surface area (Å²) < 4.78 is 91.0. The zero-order chi connectivity index (χ0) is 27.8. The first-order valence-electron chi connectivity index (χ1n) is 11.8. The van der Waals surface area contributed by atoms with Crippen molar-refractivity contribution in [3.05, 3.63) is 78.4 Å². The highest BCUT2D eigenvalue weighted by molar-refractivity contribution is 8.45. The van der Waals surface area contributed by atoms with E-state index in [2.05, 4.69) is 10.6 Å². The van der Waals surface area contributed by atoms with E-state index in [4.69, 9.17) is 0 Å². The third-order valence-electron chi connectivity index (χ3n) is 6.65. The molecule has 5 nitrogen and oxygen atoms in total. The Morgan fingerprint density at radius 2 is 1.42 bits per heavy atom. The maximum Gasteiger partial charge on any atom is 0.310 e. The third kappa shape index (κ3) is 6.29. The van der Waals surface area contributed by atoms with Gasteiger partial charge in [-0.2, -0.15) is 0 Å². The molecule has 0 aliphatic heterocycles. The second-order valence-electron chi connectivity index (χ2n) is 9.34. The Bertz CT molecular complexity index is 1440. The van der Waals surface area contributed by atoms with Gasteiger partial charge in [-0.3, -0.25) is 4.79 Å². The molecular formula is C26H27F5N2O3S2. The fourth-order valence-electron chi connectivity index (χ4n) is 4.58. The molecule has 12 heteroatoms. The zero-order valence-corrected chi connectivity index (χ0v) is 22.0. The summed E-state index contributed by atoms with van der Waals surface area (Å²) in [5.74, 6) is -0.225. The first-order chi connectivity index (χ1) is 17.6. The lowest BCUT2D eigenvalue weighted by molar-refractivity contribution is 0.0963. The Hall–Kier alpha value is -3.12.